The normalized spacial score (nSPS) is 17.1. The van der Waals surface area contributed by atoms with Gasteiger partial charge in [0.25, 0.3) is 11.4 Å². The van der Waals surface area contributed by atoms with Crippen molar-refractivity contribution in [2.24, 2.45) is 7.05 Å². The van der Waals surface area contributed by atoms with Crippen LogP contribution in [0.25, 0.3) is 23.1 Å². The number of hydrogen-bond acceptors (Lipinski definition) is 7. The lowest BCUT2D eigenvalue weighted by Gasteiger charge is -2.27. The molecule has 36 heavy (non-hydrogen) atoms. The van der Waals surface area contributed by atoms with Crippen LogP contribution in [0, 0.1) is 20.2 Å². The van der Waals surface area contributed by atoms with Gasteiger partial charge in [-0.05, 0) is 24.3 Å². The second-order valence-corrected chi connectivity index (χ2v) is 8.43. The molecule has 3 aromatic rings. The van der Waals surface area contributed by atoms with Crippen molar-refractivity contribution in [3.05, 3.63) is 115 Å². The molecule has 0 atom stereocenters. The van der Waals surface area contributed by atoms with E-state index in [2.05, 4.69) is 0 Å². The first kappa shape index (κ1) is 22.7. The molecule has 10 nitrogen and oxygen atoms in total. The van der Waals surface area contributed by atoms with Crippen LogP contribution in [0.2, 0.25) is 0 Å². The smallest absolute Gasteiger partial charge is 0.270 e. The topological polar surface area (TPSA) is 131 Å². The van der Waals surface area contributed by atoms with E-state index in [1.165, 1.54) is 24.3 Å². The summed E-state index contributed by atoms with van der Waals surface area (Å²) in [5.74, 6) is -0.451. The number of fused-ring (bicyclic) bond motifs is 2. The van der Waals surface area contributed by atoms with Gasteiger partial charge in [0, 0.05) is 66.5 Å². The maximum absolute atomic E-state index is 12.9. The van der Waals surface area contributed by atoms with Crippen molar-refractivity contribution in [2.45, 2.75) is 0 Å². The van der Waals surface area contributed by atoms with Crippen LogP contribution in [0.1, 0.15) is 11.3 Å². The fourth-order valence-corrected chi connectivity index (χ4v) is 4.34. The average molecular weight is 483 g/mol. The minimum absolute atomic E-state index is 0.0105. The third-order valence-electron chi connectivity index (χ3n) is 6.39. The van der Waals surface area contributed by atoms with E-state index in [0.717, 1.165) is 11.2 Å². The van der Waals surface area contributed by atoms with Crippen LogP contribution in [0.15, 0.2) is 83.3 Å². The van der Waals surface area contributed by atoms with E-state index in [1.54, 1.807) is 72.1 Å². The average Bonchev–Trinajstić information content (AvgIpc) is 2.87. The molecular weight excluding hydrogens is 464 g/mol. The number of carbonyl (C=O) groups is 1. The summed E-state index contributed by atoms with van der Waals surface area (Å²) >= 11 is 0. The first-order valence-electron chi connectivity index (χ1n) is 10.8. The number of rotatable bonds is 4. The van der Waals surface area contributed by atoms with E-state index in [-0.39, 0.29) is 34.1 Å². The third kappa shape index (κ3) is 3.61. The van der Waals surface area contributed by atoms with E-state index in [9.17, 15) is 30.1 Å². The number of allylic oxidation sites excluding steroid dienone is 4. The van der Waals surface area contributed by atoms with Crippen molar-refractivity contribution in [3.63, 3.8) is 0 Å². The number of anilines is 1. The summed E-state index contributed by atoms with van der Waals surface area (Å²) < 4.78 is 1.79. The first-order valence-corrected chi connectivity index (χ1v) is 10.8. The van der Waals surface area contributed by atoms with Crippen LogP contribution in [0.5, 0.6) is 0 Å². The number of benzene rings is 2. The van der Waals surface area contributed by atoms with E-state index in [1.807, 2.05) is 0 Å². The number of likely N-dealkylation sites (N-methyl/N-ethyl adjacent to an activating group) is 1. The summed E-state index contributed by atoms with van der Waals surface area (Å²) in [6.45, 7) is 0. The highest BCUT2D eigenvalue weighted by Gasteiger charge is 2.34. The second kappa shape index (κ2) is 8.27. The predicted molar refractivity (Wildman–Crippen MR) is 133 cm³/mol. The highest BCUT2D eigenvalue weighted by atomic mass is 16.6. The van der Waals surface area contributed by atoms with Crippen molar-refractivity contribution in [2.75, 3.05) is 11.9 Å². The van der Waals surface area contributed by atoms with Crippen LogP contribution in [-0.4, -0.2) is 27.8 Å². The number of aromatic nitrogens is 1. The Morgan fingerprint density at radius 3 is 2.33 bits per heavy atom. The summed E-state index contributed by atoms with van der Waals surface area (Å²) in [6, 6.07) is 12.5. The number of aliphatic hydroxyl groups excluding tert-OH is 1. The number of nitro benzene ring substituents is 2. The van der Waals surface area contributed by atoms with Gasteiger partial charge >= 0.3 is 0 Å². The molecule has 0 saturated carbocycles. The van der Waals surface area contributed by atoms with Crippen molar-refractivity contribution >= 4 is 45.9 Å². The molecule has 0 bridgehead atoms. The highest BCUT2D eigenvalue weighted by molar-refractivity contribution is 6.23. The van der Waals surface area contributed by atoms with Crippen LogP contribution in [0.4, 0.5) is 17.1 Å². The number of pyridine rings is 1. The Kier molecular flexibility index (Phi) is 5.21. The van der Waals surface area contributed by atoms with Gasteiger partial charge in [0.1, 0.15) is 12.8 Å². The minimum Gasteiger partial charge on any atom is -0.506 e. The SMILES string of the molecule is CN1/C(=C\C2=C(O)C(=C/c3ccc4cc([N+](=O)[O-])ccc4[n+]3C)/C2=O)C=Cc2cc([N+](=O)[O-])ccc21. The monoisotopic (exact) mass is 483 g/mol. The third-order valence-corrected chi connectivity index (χ3v) is 6.39. The number of aryl methyl sites for hydroxylation is 1. The van der Waals surface area contributed by atoms with E-state index in [4.69, 9.17) is 0 Å². The zero-order valence-corrected chi connectivity index (χ0v) is 19.2. The zero-order chi connectivity index (χ0) is 25.7. The largest absolute Gasteiger partial charge is 0.506 e. The number of carbonyl (C=O) groups excluding carboxylic acids is 1. The van der Waals surface area contributed by atoms with Gasteiger partial charge in [0.05, 0.1) is 26.4 Å². The Morgan fingerprint density at radius 1 is 0.944 bits per heavy atom. The van der Waals surface area contributed by atoms with Gasteiger partial charge < -0.3 is 10.0 Å². The standard InChI is InChI=1S/C26H18N4O6/c1-27-17(5-3-15-11-19(29(33)34)7-9-23(15)27)13-21-25(31)22(26(21)32)14-18-6-4-16-12-20(30(35)36)8-10-24(16)28(18)2/h3-14H,1-2H3/p+1. The lowest BCUT2D eigenvalue weighted by Crippen LogP contribution is -2.33. The molecule has 0 saturated heterocycles. The Bertz CT molecular complexity index is 1650. The highest BCUT2D eigenvalue weighted by Crippen LogP contribution is 2.36. The van der Waals surface area contributed by atoms with E-state index in [0.29, 0.717) is 22.3 Å². The first-order chi connectivity index (χ1) is 17.2. The molecule has 0 spiro atoms. The van der Waals surface area contributed by atoms with Gasteiger partial charge in [-0.3, -0.25) is 25.0 Å². The lowest BCUT2D eigenvalue weighted by atomic mass is 9.86. The van der Waals surface area contributed by atoms with Crippen molar-refractivity contribution in [3.8, 4) is 0 Å². The number of ketones is 1. The summed E-state index contributed by atoms with van der Waals surface area (Å²) in [5.41, 5.74) is 3.74. The number of nitro groups is 2. The fourth-order valence-electron chi connectivity index (χ4n) is 4.34. The van der Waals surface area contributed by atoms with Gasteiger partial charge in [0.2, 0.25) is 17.0 Å². The molecule has 1 N–H and O–H groups in total. The van der Waals surface area contributed by atoms with Gasteiger partial charge in [0.15, 0.2) is 0 Å². The Balaban J connectivity index is 1.46. The predicted octanol–water partition coefficient (Wildman–Crippen LogP) is 4.31. The molecule has 178 valence electrons. The van der Waals surface area contributed by atoms with Gasteiger partial charge in [-0.25, -0.2) is 0 Å². The van der Waals surface area contributed by atoms with Gasteiger partial charge in [-0.1, -0.05) is 6.08 Å². The van der Waals surface area contributed by atoms with E-state index < -0.39 is 9.85 Å². The van der Waals surface area contributed by atoms with Gasteiger partial charge in [-0.2, -0.15) is 4.57 Å². The minimum atomic E-state index is -0.456. The number of Topliss-reactive ketones (excluding diaryl/α,β-unsaturated/α-hetero) is 1. The number of non-ortho nitro benzene ring substituents is 2. The van der Waals surface area contributed by atoms with Crippen molar-refractivity contribution < 1.29 is 24.3 Å². The summed E-state index contributed by atoms with van der Waals surface area (Å²) in [5, 5.41) is 33.4. The van der Waals surface area contributed by atoms with Crippen LogP contribution in [0.3, 0.4) is 0 Å². The molecule has 0 amide bonds. The molecular formula is C26H19N4O6+. The summed E-state index contributed by atoms with van der Waals surface area (Å²) in [7, 11) is 3.55. The van der Waals surface area contributed by atoms with Crippen molar-refractivity contribution in [1.82, 2.24) is 0 Å². The maximum Gasteiger partial charge on any atom is 0.270 e. The molecule has 2 aromatic carbocycles. The number of nitrogens with zero attached hydrogens (tertiary/aromatic N) is 4. The molecule has 10 heteroatoms. The lowest BCUT2D eigenvalue weighted by molar-refractivity contribution is -0.646. The molecule has 1 aliphatic carbocycles. The molecule has 5 rings (SSSR count). The van der Waals surface area contributed by atoms with Crippen LogP contribution >= 0.6 is 0 Å². The molecule has 0 fully saturated rings. The molecule has 1 aliphatic heterocycles. The molecule has 2 aliphatic rings. The molecule has 0 radical (unpaired) electrons. The second-order valence-electron chi connectivity index (χ2n) is 8.43. The maximum atomic E-state index is 12.9. The van der Waals surface area contributed by atoms with Gasteiger partial charge in [-0.15, -0.1) is 0 Å². The van der Waals surface area contributed by atoms with Crippen LogP contribution < -0.4 is 9.47 Å². The van der Waals surface area contributed by atoms with Crippen molar-refractivity contribution in [1.29, 1.82) is 0 Å². The summed E-state index contributed by atoms with van der Waals surface area (Å²) in [6.07, 6.45) is 6.61. The zero-order valence-electron chi connectivity index (χ0n) is 19.2. The van der Waals surface area contributed by atoms with Crippen LogP contribution in [-0.2, 0) is 11.8 Å². The fraction of sp³-hybridized carbons (Fsp3) is 0.0769. The van der Waals surface area contributed by atoms with E-state index >= 15 is 0 Å². The number of hydrogen-bond donors (Lipinski definition) is 1. The Labute approximate surface area is 204 Å². The molecule has 1 aromatic heterocycles. The Morgan fingerprint density at radius 2 is 1.64 bits per heavy atom. The Hall–Kier alpha value is -5.12. The molecule has 0 unspecified atom stereocenters. The quantitative estimate of drug-likeness (QED) is 0.253. The summed E-state index contributed by atoms with van der Waals surface area (Å²) in [4.78, 5) is 35.8. The number of aliphatic hydroxyl groups is 1. The molecule has 2 heterocycles.